The molecule has 108 valence electrons. The molecule has 0 radical (unpaired) electrons. The third-order valence-electron chi connectivity index (χ3n) is 3.94. The minimum Gasteiger partial charge on any atom is -0.329 e. The van der Waals surface area contributed by atoms with Crippen LogP contribution in [0.15, 0.2) is 17.0 Å². The van der Waals surface area contributed by atoms with Crippen LogP contribution in [0.1, 0.15) is 12.8 Å². The van der Waals surface area contributed by atoms with Crippen molar-refractivity contribution < 1.29 is 0 Å². The third-order valence-corrected chi connectivity index (χ3v) is 6.22. The van der Waals surface area contributed by atoms with Gasteiger partial charge in [0.15, 0.2) is 4.77 Å². The Morgan fingerprint density at radius 3 is 2.70 bits per heavy atom. The Kier molecular flexibility index (Phi) is 4.13. The Bertz CT molecular complexity index is 684. The van der Waals surface area contributed by atoms with E-state index >= 15 is 0 Å². The number of hydrogen-bond acceptors (Lipinski definition) is 3. The topological polar surface area (TPSA) is 24.0 Å². The third kappa shape index (κ3) is 2.64. The molecule has 2 aromatic rings. The molecule has 1 aromatic carbocycles. The lowest BCUT2D eigenvalue weighted by atomic mass is 10.1. The van der Waals surface area contributed by atoms with Gasteiger partial charge in [0.25, 0.3) is 0 Å². The van der Waals surface area contributed by atoms with Crippen LogP contribution in [-0.2, 0) is 7.05 Å². The highest BCUT2D eigenvalue weighted by molar-refractivity contribution is 8.00. The SMILES string of the molecule is CN1CCC(Sc2ccc3c([nH]c(=S)n3C)c2Cl)CC1. The number of imidazole rings is 1. The van der Waals surface area contributed by atoms with Gasteiger partial charge in [-0.2, -0.15) is 0 Å². The first-order valence-electron chi connectivity index (χ1n) is 6.78. The van der Waals surface area contributed by atoms with Gasteiger partial charge in [0.2, 0.25) is 0 Å². The molecule has 3 rings (SSSR count). The molecular formula is C14H18ClN3S2. The Morgan fingerprint density at radius 2 is 2.00 bits per heavy atom. The van der Waals surface area contributed by atoms with Crippen molar-refractivity contribution >= 4 is 46.6 Å². The Hall–Kier alpha value is -0.490. The smallest absolute Gasteiger partial charge is 0.177 e. The van der Waals surface area contributed by atoms with E-state index in [2.05, 4.69) is 29.1 Å². The normalized spacial score (nSPS) is 17.9. The van der Waals surface area contributed by atoms with Crippen LogP contribution in [0, 0.1) is 4.77 Å². The molecule has 2 heterocycles. The average Bonchev–Trinajstić information content (AvgIpc) is 2.72. The molecule has 1 aliphatic rings. The number of fused-ring (bicyclic) bond motifs is 1. The molecule has 0 bridgehead atoms. The molecule has 0 spiro atoms. The van der Waals surface area contributed by atoms with E-state index in [0.29, 0.717) is 10.0 Å². The van der Waals surface area contributed by atoms with Gasteiger partial charge in [-0.3, -0.25) is 0 Å². The summed E-state index contributed by atoms with van der Waals surface area (Å²) in [6, 6.07) is 4.22. The molecular weight excluding hydrogens is 310 g/mol. The molecule has 0 unspecified atom stereocenters. The van der Waals surface area contributed by atoms with Crippen molar-refractivity contribution in [2.75, 3.05) is 20.1 Å². The number of nitrogens with one attached hydrogen (secondary N) is 1. The Labute approximate surface area is 133 Å². The molecule has 1 aromatic heterocycles. The highest BCUT2D eigenvalue weighted by atomic mass is 35.5. The number of piperidine rings is 1. The highest BCUT2D eigenvalue weighted by Crippen LogP contribution is 2.37. The minimum atomic E-state index is 0.660. The molecule has 0 aliphatic carbocycles. The number of H-pyrrole nitrogens is 1. The second kappa shape index (κ2) is 5.72. The van der Waals surface area contributed by atoms with E-state index in [4.69, 9.17) is 23.8 Å². The molecule has 3 nitrogen and oxygen atoms in total. The van der Waals surface area contributed by atoms with Gasteiger partial charge in [-0.15, -0.1) is 11.8 Å². The van der Waals surface area contributed by atoms with Crippen LogP contribution >= 0.6 is 35.6 Å². The summed E-state index contributed by atoms with van der Waals surface area (Å²) in [5, 5.41) is 1.46. The zero-order chi connectivity index (χ0) is 14.3. The van der Waals surface area contributed by atoms with Crippen LogP contribution in [0.2, 0.25) is 5.02 Å². The van der Waals surface area contributed by atoms with E-state index in [9.17, 15) is 0 Å². The van der Waals surface area contributed by atoms with E-state index in [1.807, 2.05) is 23.4 Å². The largest absolute Gasteiger partial charge is 0.329 e. The fourth-order valence-corrected chi connectivity index (χ4v) is 4.32. The van der Waals surface area contributed by atoms with Crippen LogP contribution in [0.4, 0.5) is 0 Å². The highest BCUT2D eigenvalue weighted by Gasteiger charge is 2.19. The minimum absolute atomic E-state index is 0.660. The van der Waals surface area contributed by atoms with Crippen molar-refractivity contribution in [1.29, 1.82) is 0 Å². The zero-order valence-corrected chi connectivity index (χ0v) is 14.0. The Morgan fingerprint density at radius 1 is 1.30 bits per heavy atom. The van der Waals surface area contributed by atoms with Gasteiger partial charge in [0, 0.05) is 17.2 Å². The summed E-state index contributed by atoms with van der Waals surface area (Å²) in [5.74, 6) is 0. The standard InChI is InChI=1S/C14H18ClN3S2/c1-17-7-5-9(6-8-17)20-11-4-3-10-13(12(11)15)16-14(19)18(10)2/h3-4,9H,5-8H2,1-2H3,(H,16,19). The van der Waals surface area contributed by atoms with Crippen LogP contribution in [-0.4, -0.2) is 39.8 Å². The number of rotatable bonds is 2. The van der Waals surface area contributed by atoms with Gasteiger partial charge in [0.05, 0.1) is 16.1 Å². The fourth-order valence-electron chi connectivity index (χ4n) is 2.62. The van der Waals surface area contributed by atoms with Crippen LogP contribution in [0.25, 0.3) is 11.0 Å². The number of aromatic nitrogens is 2. The maximum absolute atomic E-state index is 6.55. The summed E-state index contributed by atoms with van der Waals surface area (Å²) in [7, 11) is 4.14. The lowest BCUT2D eigenvalue weighted by Crippen LogP contribution is -2.31. The number of thioether (sulfide) groups is 1. The molecule has 1 N–H and O–H groups in total. The summed E-state index contributed by atoms with van der Waals surface area (Å²) in [4.78, 5) is 6.75. The molecule has 1 fully saturated rings. The number of halogens is 1. The molecule has 6 heteroatoms. The van der Waals surface area contributed by atoms with Crippen molar-refractivity contribution in [3.8, 4) is 0 Å². The monoisotopic (exact) mass is 327 g/mol. The Balaban J connectivity index is 1.89. The first-order chi connectivity index (χ1) is 9.56. The van der Waals surface area contributed by atoms with Gasteiger partial charge in [-0.05, 0) is 57.3 Å². The quantitative estimate of drug-likeness (QED) is 0.841. The second-order valence-electron chi connectivity index (χ2n) is 5.38. The summed E-state index contributed by atoms with van der Waals surface area (Å²) >= 11 is 13.7. The molecule has 0 amide bonds. The fraction of sp³-hybridized carbons (Fsp3) is 0.500. The van der Waals surface area contributed by atoms with Crippen molar-refractivity contribution in [3.63, 3.8) is 0 Å². The van der Waals surface area contributed by atoms with E-state index in [0.717, 1.165) is 21.0 Å². The van der Waals surface area contributed by atoms with Gasteiger partial charge in [-0.1, -0.05) is 11.6 Å². The van der Waals surface area contributed by atoms with Gasteiger partial charge in [-0.25, -0.2) is 0 Å². The first-order valence-corrected chi connectivity index (χ1v) is 8.45. The molecule has 1 saturated heterocycles. The second-order valence-corrected chi connectivity index (χ2v) is 7.49. The van der Waals surface area contributed by atoms with Gasteiger partial charge >= 0.3 is 0 Å². The molecule has 0 atom stereocenters. The summed E-state index contributed by atoms with van der Waals surface area (Å²) in [5.41, 5.74) is 2.02. The first kappa shape index (κ1) is 14.4. The van der Waals surface area contributed by atoms with E-state index < -0.39 is 0 Å². The van der Waals surface area contributed by atoms with Crippen LogP contribution in [0.3, 0.4) is 0 Å². The van der Waals surface area contributed by atoms with Crippen molar-refractivity contribution in [1.82, 2.24) is 14.5 Å². The lowest BCUT2D eigenvalue weighted by Gasteiger charge is -2.28. The number of aromatic amines is 1. The number of likely N-dealkylation sites (tertiary alicyclic amines) is 1. The van der Waals surface area contributed by atoms with Gasteiger partial charge in [0.1, 0.15) is 0 Å². The van der Waals surface area contributed by atoms with Crippen molar-refractivity contribution in [3.05, 3.63) is 21.9 Å². The van der Waals surface area contributed by atoms with E-state index in [1.54, 1.807) is 0 Å². The maximum atomic E-state index is 6.55. The number of hydrogen-bond donors (Lipinski definition) is 1. The van der Waals surface area contributed by atoms with E-state index in [-0.39, 0.29) is 0 Å². The predicted octanol–water partition coefficient (Wildman–Crippen LogP) is 4.08. The van der Waals surface area contributed by atoms with Crippen molar-refractivity contribution in [2.24, 2.45) is 7.05 Å². The number of nitrogens with zero attached hydrogens (tertiary/aromatic N) is 2. The number of aryl methyl sites for hydroxylation is 1. The lowest BCUT2D eigenvalue weighted by molar-refractivity contribution is 0.282. The summed E-state index contributed by atoms with van der Waals surface area (Å²) < 4.78 is 2.67. The predicted molar refractivity (Wildman–Crippen MR) is 89.5 cm³/mol. The molecule has 1 aliphatic heterocycles. The summed E-state index contributed by atoms with van der Waals surface area (Å²) in [6.45, 7) is 2.34. The average molecular weight is 328 g/mol. The summed E-state index contributed by atoms with van der Waals surface area (Å²) in [6.07, 6.45) is 2.45. The van der Waals surface area contributed by atoms with E-state index in [1.165, 1.54) is 25.9 Å². The maximum Gasteiger partial charge on any atom is 0.177 e. The zero-order valence-electron chi connectivity index (χ0n) is 11.6. The van der Waals surface area contributed by atoms with Crippen LogP contribution < -0.4 is 0 Å². The van der Waals surface area contributed by atoms with Gasteiger partial charge < -0.3 is 14.5 Å². The molecule has 20 heavy (non-hydrogen) atoms. The van der Waals surface area contributed by atoms with Crippen LogP contribution in [0.5, 0.6) is 0 Å². The molecule has 0 saturated carbocycles. The number of benzene rings is 1. The van der Waals surface area contributed by atoms with Crippen molar-refractivity contribution in [2.45, 2.75) is 23.0 Å².